The van der Waals surface area contributed by atoms with Gasteiger partial charge in [0.2, 0.25) is 0 Å². The largest absolute Gasteiger partial charge is 0.396 e. The molecule has 1 saturated heterocycles. The average Bonchev–Trinajstić information content (AvgIpc) is 2.98. The molecule has 2 atom stereocenters. The van der Waals surface area contributed by atoms with Gasteiger partial charge >= 0.3 is 0 Å². The van der Waals surface area contributed by atoms with Gasteiger partial charge in [-0.3, -0.25) is 9.78 Å². The van der Waals surface area contributed by atoms with E-state index >= 15 is 0 Å². The van der Waals surface area contributed by atoms with Crippen LogP contribution in [0.3, 0.4) is 0 Å². The minimum atomic E-state index is -0.785. The lowest BCUT2D eigenvalue weighted by Gasteiger charge is -2.16. The average molecular weight is 318 g/mol. The van der Waals surface area contributed by atoms with Crippen LogP contribution < -0.4 is 0 Å². The Morgan fingerprint density at radius 1 is 1.22 bits per heavy atom. The number of aromatic nitrogens is 1. The van der Waals surface area contributed by atoms with Crippen LogP contribution >= 0.6 is 0 Å². The van der Waals surface area contributed by atoms with E-state index in [1.807, 2.05) is 12.1 Å². The highest BCUT2D eigenvalue weighted by molar-refractivity contribution is 5.94. The molecule has 1 aromatic carbocycles. The van der Waals surface area contributed by atoms with Gasteiger partial charge in [-0.15, -0.1) is 0 Å². The molecule has 0 unspecified atom stereocenters. The number of aliphatic hydroxyl groups excluding tert-OH is 1. The van der Waals surface area contributed by atoms with E-state index in [1.165, 1.54) is 4.90 Å². The summed E-state index contributed by atoms with van der Waals surface area (Å²) in [7, 11) is 0. The monoisotopic (exact) mass is 318 g/mol. The van der Waals surface area contributed by atoms with Gasteiger partial charge in [0.25, 0.3) is 5.91 Å². The first kappa shape index (κ1) is 15.6. The highest BCUT2D eigenvalue weighted by Gasteiger charge is 2.36. The Kier molecular flexibility index (Phi) is 4.34. The fraction of sp³-hybridized carbons (Fsp3) is 0.294. The van der Waals surface area contributed by atoms with Crippen LogP contribution in [-0.2, 0) is 0 Å². The number of amides is 1. The van der Waals surface area contributed by atoms with Gasteiger partial charge in [0, 0.05) is 55.1 Å². The molecule has 120 valence electrons. The van der Waals surface area contributed by atoms with E-state index in [-0.39, 0.29) is 24.0 Å². The van der Waals surface area contributed by atoms with E-state index < -0.39 is 17.5 Å². The predicted molar refractivity (Wildman–Crippen MR) is 79.8 cm³/mol. The van der Waals surface area contributed by atoms with Crippen molar-refractivity contribution in [2.45, 2.75) is 5.92 Å². The molecule has 2 aromatic rings. The van der Waals surface area contributed by atoms with E-state index in [4.69, 9.17) is 0 Å². The number of hydrogen-bond donors (Lipinski definition) is 1. The second-order valence-corrected chi connectivity index (χ2v) is 5.67. The zero-order valence-corrected chi connectivity index (χ0v) is 12.3. The van der Waals surface area contributed by atoms with Crippen LogP contribution in [0.15, 0.2) is 42.6 Å². The smallest absolute Gasteiger partial charge is 0.254 e. The molecule has 1 N–H and O–H groups in total. The van der Waals surface area contributed by atoms with E-state index in [2.05, 4.69) is 4.98 Å². The molecule has 2 heterocycles. The minimum Gasteiger partial charge on any atom is -0.396 e. The van der Waals surface area contributed by atoms with Crippen molar-refractivity contribution in [3.63, 3.8) is 0 Å². The number of pyridine rings is 1. The number of nitrogens with zero attached hydrogens (tertiary/aromatic N) is 2. The van der Waals surface area contributed by atoms with E-state index in [0.717, 1.165) is 23.9 Å². The molecule has 4 nitrogen and oxygen atoms in total. The topological polar surface area (TPSA) is 53.4 Å². The molecule has 0 saturated carbocycles. The Morgan fingerprint density at radius 3 is 2.57 bits per heavy atom. The predicted octanol–water partition coefficient (Wildman–Crippen LogP) is 2.21. The number of carbonyl (C=O) groups is 1. The van der Waals surface area contributed by atoms with Crippen LogP contribution in [-0.4, -0.2) is 40.6 Å². The number of benzene rings is 1. The zero-order valence-electron chi connectivity index (χ0n) is 12.3. The van der Waals surface area contributed by atoms with Crippen molar-refractivity contribution in [3.8, 4) is 0 Å². The first-order valence-corrected chi connectivity index (χ1v) is 7.35. The normalized spacial score (nSPS) is 20.7. The lowest BCUT2D eigenvalue weighted by atomic mass is 9.93. The maximum atomic E-state index is 13.3. The second-order valence-electron chi connectivity index (χ2n) is 5.67. The van der Waals surface area contributed by atoms with Crippen LogP contribution in [0.5, 0.6) is 0 Å². The van der Waals surface area contributed by atoms with Crippen molar-refractivity contribution < 1.29 is 18.7 Å². The molecular formula is C17H16F2N2O2. The molecule has 1 amide bonds. The SMILES string of the molecule is O=C(c1cc(F)cc(F)c1)N1C[C@@H](CO)[C@H](c2ccccn2)C1. The van der Waals surface area contributed by atoms with Crippen LogP contribution in [0.4, 0.5) is 8.78 Å². The van der Waals surface area contributed by atoms with Crippen molar-refractivity contribution >= 4 is 5.91 Å². The number of carbonyl (C=O) groups excluding carboxylic acids is 1. The summed E-state index contributed by atoms with van der Waals surface area (Å²) in [5.74, 6) is -2.25. The summed E-state index contributed by atoms with van der Waals surface area (Å²) in [5, 5.41) is 9.57. The Bertz CT molecular complexity index is 689. The fourth-order valence-electron chi connectivity index (χ4n) is 3.01. The van der Waals surface area contributed by atoms with Crippen LogP contribution in [0.25, 0.3) is 0 Å². The molecule has 1 aliphatic rings. The van der Waals surface area contributed by atoms with Gasteiger partial charge in [-0.25, -0.2) is 8.78 Å². The molecule has 23 heavy (non-hydrogen) atoms. The first-order chi connectivity index (χ1) is 11.1. The maximum absolute atomic E-state index is 13.3. The Hall–Kier alpha value is -2.34. The lowest BCUT2D eigenvalue weighted by Crippen LogP contribution is -2.29. The summed E-state index contributed by atoms with van der Waals surface area (Å²) < 4.78 is 26.6. The minimum absolute atomic E-state index is 0.0270. The highest BCUT2D eigenvalue weighted by atomic mass is 19.1. The summed E-state index contributed by atoms with van der Waals surface area (Å²) in [6.07, 6.45) is 1.66. The first-order valence-electron chi connectivity index (χ1n) is 7.35. The van der Waals surface area contributed by atoms with Gasteiger partial charge in [0.1, 0.15) is 11.6 Å². The van der Waals surface area contributed by atoms with Crippen molar-refractivity contribution in [3.05, 3.63) is 65.5 Å². The summed E-state index contributed by atoms with van der Waals surface area (Å²) in [6, 6.07) is 8.27. The van der Waals surface area contributed by atoms with E-state index in [9.17, 15) is 18.7 Å². The summed E-state index contributed by atoms with van der Waals surface area (Å²) in [4.78, 5) is 18.3. The molecule has 1 aromatic heterocycles. The highest BCUT2D eigenvalue weighted by Crippen LogP contribution is 2.32. The molecule has 1 aliphatic heterocycles. The molecule has 0 bridgehead atoms. The van der Waals surface area contributed by atoms with E-state index in [0.29, 0.717) is 13.1 Å². The van der Waals surface area contributed by atoms with Crippen LogP contribution in [0, 0.1) is 17.6 Å². The molecule has 6 heteroatoms. The van der Waals surface area contributed by atoms with Crippen molar-refractivity contribution in [2.24, 2.45) is 5.92 Å². The quantitative estimate of drug-likeness (QED) is 0.944. The Labute approximate surface area is 132 Å². The summed E-state index contributed by atoms with van der Waals surface area (Å²) >= 11 is 0. The van der Waals surface area contributed by atoms with Gasteiger partial charge in [0.05, 0.1) is 0 Å². The number of rotatable bonds is 3. The van der Waals surface area contributed by atoms with E-state index in [1.54, 1.807) is 12.3 Å². The van der Waals surface area contributed by atoms with Crippen molar-refractivity contribution in [1.29, 1.82) is 0 Å². The number of halogens is 2. The van der Waals surface area contributed by atoms with Gasteiger partial charge in [-0.2, -0.15) is 0 Å². The van der Waals surface area contributed by atoms with Gasteiger partial charge in [0.15, 0.2) is 0 Å². The summed E-state index contributed by atoms with van der Waals surface area (Å²) in [6.45, 7) is 0.608. The van der Waals surface area contributed by atoms with Gasteiger partial charge in [-0.1, -0.05) is 6.07 Å². The van der Waals surface area contributed by atoms with Gasteiger partial charge in [-0.05, 0) is 24.3 Å². The summed E-state index contributed by atoms with van der Waals surface area (Å²) in [5.41, 5.74) is 0.771. The lowest BCUT2D eigenvalue weighted by molar-refractivity contribution is 0.0780. The molecule has 0 spiro atoms. The van der Waals surface area contributed by atoms with Crippen LogP contribution in [0.2, 0.25) is 0 Å². The third-order valence-electron chi connectivity index (χ3n) is 4.14. The molecule has 0 radical (unpaired) electrons. The number of hydrogen-bond acceptors (Lipinski definition) is 3. The fourth-order valence-corrected chi connectivity index (χ4v) is 3.01. The third-order valence-corrected chi connectivity index (χ3v) is 4.14. The maximum Gasteiger partial charge on any atom is 0.254 e. The third kappa shape index (κ3) is 3.22. The Balaban J connectivity index is 1.83. The van der Waals surface area contributed by atoms with Crippen molar-refractivity contribution in [1.82, 2.24) is 9.88 Å². The number of likely N-dealkylation sites (tertiary alicyclic amines) is 1. The van der Waals surface area contributed by atoms with Crippen LogP contribution in [0.1, 0.15) is 22.0 Å². The Morgan fingerprint density at radius 2 is 1.96 bits per heavy atom. The molecular weight excluding hydrogens is 302 g/mol. The zero-order chi connectivity index (χ0) is 16.4. The standard InChI is InChI=1S/C17H16F2N2O2/c18-13-5-11(6-14(19)7-13)17(23)21-8-12(10-22)15(9-21)16-3-1-2-4-20-16/h1-7,12,15,22H,8-10H2/t12-,15+/m0/s1. The number of aliphatic hydroxyl groups is 1. The van der Waals surface area contributed by atoms with Gasteiger partial charge < -0.3 is 10.0 Å². The molecule has 3 rings (SSSR count). The molecule has 1 fully saturated rings. The van der Waals surface area contributed by atoms with Crippen molar-refractivity contribution in [2.75, 3.05) is 19.7 Å². The second kappa shape index (κ2) is 6.42. The molecule has 0 aliphatic carbocycles.